The molecule has 11 nitrogen and oxygen atoms in total. The number of nitrogens with one attached hydrogen (secondary N) is 2. The molecular formula is C33H43FN4O7S2. The maximum Gasteiger partial charge on any atom is 0.321 e. The van der Waals surface area contributed by atoms with Crippen LogP contribution >= 0.6 is 11.3 Å². The molecule has 14 heteroatoms. The molecule has 3 aromatic rings. The lowest BCUT2D eigenvalue weighted by atomic mass is 10.0. The maximum atomic E-state index is 14.3. The zero-order chi connectivity index (χ0) is 34.1. The minimum Gasteiger partial charge on any atom is -0.490 e. The molecule has 0 saturated carbocycles. The summed E-state index contributed by atoms with van der Waals surface area (Å²) in [5, 5.41) is 14.6. The van der Waals surface area contributed by atoms with Gasteiger partial charge in [-0.15, -0.1) is 11.3 Å². The summed E-state index contributed by atoms with van der Waals surface area (Å²) in [4.78, 5) is 30.3. The van der Waals surface area contributed by atoms with Gasteiger partial charge in [0.05, 0.1) is 30.4 Å². The number of carbonyl (C=O) groups excluding carboxylic acids is 2. The molecule has 3 amide bonds. The number of rotatable bonds is 8. The first-order valence-electron chi connectivity index (χ1n) is 15.6. The van der Waals surface area contributed by atoms with E-state index in [9.17, 15) is 27.5 Å². The number of thiophene rings is 1. The number of sulfonamides is 1. The van der Waals surface area contributed by atoms with E-state index in [-0.39, 0.29) is 47.2 Å². The Labute approximate surface area is 279 Å². The van der Waals surface area contributed by atoms with Crippen LogP contribution in [0.2, 0.25) is 0 Å². The van der Waals surface area contributed by atoms with Crippen molar-refractivity contribution in [2.24, 2.45) is 5.92 Å². The highest BCUT2D eigenvalue weighted by Gasteiger charge is 2.31. The summed E-state index contributed by atoms with van der Waals surface area (Å²) in [5.41, 5.74) is 0.799. The van der Waals surface area contributed by atoms with Gasteiger partial charge in [0.15, 0.2) is 0 Å². The number of benzene rings is 2. The third-order valence-corrected chi connectivity index (χ3v) is 10.7. The standard InChI is InChI=1S/C33H43FN4O7S2/c1-22-19-38(23(2)21-39)32(40)28-18-27(36-47(42,43)31-9-7-17-46-31)14-15-29(28)45-24(3)8-5-6-16-44-30(22)20-37(4)33(41)35-26-12-10-25(34)11-13-26/h7,9-15,17-18,22-24,30,36,39H,5-6,8,16,19-21H2,1-4H3,(H,35,41)/t22-,23-,24-,30-/m1/s1. The number of ether oxygens (including phenoxy) is 2. The Hall–Kier alpha value is -3.72. The number of carbonyl (C=O) groups is 2. The molecule has 0 aliphatic carbocycles. The van der Waals surface area contributed by atoms with Crippen molar-refractivity contribution in [2.75, 3.05) is 43.4 Å². The molecule has 0 radical (unpaired) electrons. The lowest BCUT2D eigenvalue weighted by Crippen LogP contribution is -2.48. The fourth-order valence-corrected chi connectivity index (χ4v) is 7.22. The van der Waals surface area contributed by atoms with Crippen LogP contribution in [0, 0.1) is 11.7 Å². The number of likely N-dealkylation sites (N-methyl/N-ethyl adjacent to an activating group) is 1. The molecule has 256 valence electrons. The molecule has 2 heterocycles. The van der Waals surface area contributed by atoms with Gasteiger partial charge in [-0.05, 0) is 87.0 Å². The zero-order valence-electron chi connectivity index (χ0n) is 27.0. The van der Waals surface area contributed by atoms with E-state index in [0.29, 0.717) is 24.5 Å². The monoisotopic (exact) mass is 690 g/mol. The first kappa shape index (κ1) is 36.1. The molecule has 47 heavy (non-hydrogen) atoms. The number of anilines is 2. The Morgan fingerprint density at radius 2 is 1.87 bits per heavy atom. The summed E-state index contributed by atoms with van der Waals surface area (Å²) in [7, 11) is -2.24. The Morgan fingerprint density at radius 1 is 1.15 bits per heavy atom. The lowest BCUT2D eigenvalue weighted by molar-refractivity contribution is -0.0115. The molecule has 1 aliphatic rings. The van der Waals surface area contributed by atoms with Gasteiger partial charge in [0.1, 0.15) is 15.8 Å². The molecule has 0 saturated heterocycles. The van der Waals surface area contributed by atoms with Crippen molar-refractivity contribution in [2.45, 2.75) is 62.5 Å². The summed E-state index contributed by atoms with van der Waals surface area (Å²) in [6.45, 7) is 6.02. The zero-order valence-corrected chi connectivity index (χ0v) is 28.7. The second-order valence-electron chi connectivity index (χ2n) is 11.9. The summed E-state index contributed by atoms with van der Waals surface area (Å²) in [6, 6.07) is 12.2. The quantitative estimate of drug-likeness (QED) is 0.278. The number of urea groups is 1. The molecule has 1 aliphatic heterocycles. The normalized spacial score (nSPS) is 20.3. The van der Waals surface area contributed by atoms with Crippen LogP contribution in [-0.4, -0.2) is 86.9 Å². The van der Waals surface area contributed by atoms with Gasteiger partial charge < -0.3 is 29.7 Å². The van der Waals surface area contributed by atoms with Crippen molar-refractivity contribution in [3.05, 3.63) is 71.4 Å². The molecule has 4 rings (SSSR count). The highest BCUT2D eigenvalue weighted by molar-refractivity contribution is 7.94. The molecule has 1 aromatic heterocycles. The van der Waals surface area contributed by atoms with Crippen LogP contribution in [0.15, 0.2) is 64.2 Å². The van der Waals surface area contributed by atoms with E-state index < -0.39 is 39.9 Å². The maximum absolute atomic E-state index is 14.3. The summed E-state index contributed by atoms with van der Waals surface area (Å²) < 4.78 is 54.5. The SMILES string of the molecule is C[C@@H]1CCCCO[C@H](CN(C)C(=O)Nc2ccc(F)cc2)[C@H](C)CN([C@H](C)CO)C(=O)c2cc(NS(=O)(=O)c3cccs3)ccc2O1. The summed E-state index contributed by atoms with van der Waals surface area (Å²) in [6.07, 6.45) is 1.49. The first-order valence-corrected chi connectivity index (χ1v) is 17.9. The van der Waals surface area contributed by atoms with Crippen LogP contribution in [0.4, 0.5) is 20.6 Å². The Kier molecular flexibility index (Phi) is 12.6. The van der Waals surface area contributed by atoms with E-state index in [1.54, 1.807) is 37.6 Å². The highest BCUT2D eigenvalue weighted by Crippen LogP contribution is 2.30. The van der Waals surface area contributed by atoms with E-state index in [0.717, 1.165) is 24.2 Å². The molecule has 4 atom stereocenters. The van der Waals surface area contributed by atoms with Gasteiger partial charge in [0.2, 0.25) is 0 Å². The predicted molar refractivity (Wildman–Crippen MR) is 180 cm³/mol. The smallest absolute Gasteiger partial charge is 0.321 e. The number of hydrogen-bond donors (Lipinski definition) is 3. The Balaban J connectivity index is 1.61. The largest absolute Gasteiger partial charge is 0.490 e. The second-order valence-corrected chi connectivity index (χ2v) is 14.7. The minimum atomic E-state index is -3.87. The summed E-state index contributed by atoms with van der Waals surface area (Å²) in [5.74, 6) is -0.836. The van der Waals surface area contributed by atoms with Crippen molar-refractivity contribution in [1.29, 1.82) is 0 Å². The lowest BCUT2D eigenvalue weighted by Gasteiger charge is -2.35. The van der Waals surface area contributed by atoms with Crippen molar-refractivity contribution >= 4 is 44.7 Å². The molecule has 0 unspecified atom stereocenters. The second kappa shape index (κ2) is 16.4. The van der Waals surface area contributed by atoms with Gasteiger partial charge in [0.25, 0.3) is 15.9 Å². The van der Waals surface area contributed by atoms with Gasteiger partial charge in [-0.25, -0.2) is 17.6 Å². The number of aliphatic hydroxyl groups is 1. The van der Waals surface area contributed by atoms with E-state index in [2.05, 4.69) is 10.0 Å². The van der Waals surface area contributed by atoms with E-state index in [1.165, 1.54) is 46.2 Å². The van der Waals surface area contributed by atoms with Crippen LogP contribution in [0.25, 0.3) is 0 Å². The van der Waals surface area contributed by atoms with Crippen LogP contribution < -0.4 is 14.8 Å². The summed E-state index contributed by atoms with van der Waals surface area (Å²) >= 11 is 1.08. The number of halogens is 1. The van der Waals surface area contributed by atoms with Crippen LogP contribution in [-0.2, 0) is 14.8 Å². The van der Waals surface area contributed by atoms with Crippen molar-refractivity contribution in [3.8, 4) is 5.75 Å². The number of amides is 3. The van der Waals surface area contributed by atoms with E-state index >= 15 is 0 Å². The van der Waals surface area contributed by atoms with Gasteiger partial charge in [-0.2, -0.15) is 0 Å². The first-order chi connectivity index (χ1) is 22.4. The third kappa shape index (κ3) is 9.89. The topological polar surface area (TPSA) is 138 Å². The number of nitrogens with zero attached hydrogens (tertiary/aromatic N) is 2. The predicted octanol–water partition coefficient (Wildman–Crippen LogP) is 5.65. The van der Waals surface area contributed by atoms with Gasteiger partial charge in [-0.3, -0.25) is 9.52 Å². The third-order valence-electron chi connectivity index (χ3n) is 7.96. The fourth-order valence-electron chi connectivity index (χ4n) is 5.18. The number of aliphatic hydroxyl groups excluding tert-OH is 1. The number of fused-ring (bicyclic) bond motifs is 1. The van der Waals surface area contributed by atoms with Crippen molar-refractivity contribution < 1.29 is 37.0 Å². The minimum absolute atomic E-state index is 0.139. The van der Waals surface area contributed by atoms with E-state index in [1.807, 2.05) is 13.8 Å². The van der Waals surface area contributed by atoms with Gasteiger partial charge in [0, 0.05) is 44.0 Å². The average molecular weight is 691 g/mol. The van der Waals surface area contributed by atoms with Crippen molar-refractivity contribution in [1.82, 2.24) is 9.80 Å². The molecule has 0 fully saturated rings. The average Bonchev–Trinajstić information content (AvgIpc) is 3.60. The van der Waals surface area contributed by atoms with E-state index in [4.69, 9.17) is 9.47 Å². The molecule has 3 N–H and O–H groups in total. The highest BCUT2D eigenvalue weighted by atomic mass is 32.2. The molecule has 0 spiro atoms. The van der Waals surface area contributed by atoms with Crippen LogP contribution in [0.3, 0.4) is 0 Å². The molecule has 2 aromatic carbocycles. The van der Waals surface area contributed by atoms with Gasteiger partial charge in [-0.1, -0.05) is 13.0 Å². The molecular weight excluding hydrogens is 648 g/mol. The number of hydrogen-bond acceptors (Lipinski definition) is 8. The van der Waals surface area contributed by atoms with Crippen molar-refractivity contribution in [3.63, 3.8) is 0 Å². The van der Waals surface area contributed by atoms with Crippen LogP contribution in [0.5, 0.6) is 5.75 Å². The van der Waals surface area contributed by atoms with Crippen LogP contribution in [0.1, 0.15) is 50.4 Å². The van der Waals surface area contributed by atoms with Gasteiger partial charge >= 0.3 is 6.03 Å². The Bertz CT molecular complexity index is 1590. The fraction of sp³-hybridized carbons (Fsp3) is 0.455. The molecule has 0 bridgehead atoms. The Morgan fingerprint density at radius 3 is 2.55 bits per heavy atom.